The molecule has 0 radical (unpaired) electrons. The second kappa shape index (κ2) is 6.70. The highest BCUT2D eigenvalue weighted by Crippen LogP contribution is 2.40. The molecule has 1 aliphatic rings. The summed E-state index contributed by atoms with van der Waals surface area (Å²) in [4.78, 5) is 27.2. The second-order valence-corrected chi connectivity index (χ2v) is 7.45. The first-order valence-electron chi connectivity index (χ1n) is 6.98. The topological polar surface area (TPSA) is 75.4 Å². The minimum Gasteiger partial charge on any atom is -0.397 e. The predicted molar refractivity (Wildman–Crippen MR) is 90.8 cm³/mol. The largest absolute Gasteiger partial charge is 0.397 e. The van der Waals surface area contributed by atoms with Crippen LogP contribution in [-0.4, -0.2) is 43.3 Å². The Morgan fingerprint density at radius 2 is 1.90 bits per heavy atom. The second-order valence-electron chi connectivity index (χ2n) is 5.22. The summed E-state index contributed by atoms with van der Waals surface area (Å²) in [6, 6.07) is 0. The molecule has 0 aliphatic carbocycles. The fourth-order valence-electron chi connectivity index (χ4n) is 2.21. The van der Waals surface area contributed by atoms with Crippen molar-refractivity contribution in [2.75, 3.05) is 42.3 Å². The molecule has 1 amide bonds. The van der Waals surface area contributed by atoms with Gasteiger partial charge >= 0.3 is 0 Å². The number of nitrogen functional groups attached to an aromatic ring is 1. The van der Waals surface area contributed by atoms with Crippen LogP contribution in [0.25, 0.3) is 0 Å². The summed E-state index contributed by atoms with van der Waals surface area (Å²) < 4.78 is 0. The third-order valence-electron chi connectivity index (χ3n) is 3.43. The molecule has 5 nitrogen and oxygen atoms in total. The zero-order valence-corrected chi connectivity index (χ0v) is 14.2. The number of carbonyl (C=O) groups is 2. The highest BCUT2D eigenvalue weighted by molar-refractivity contribution is 7.99. The van der Waals surface area contributed by atoms with Crippen molar-refractivity contribution >= 4 is 45.5 Å². The van der Waals surface area contributed by atoms with Crippen LogP contribution in [0.4, 0.5) is 10.7 Å². The summed E-state index contributed by atoms with van der Waals surface area (Å²) in [7, 11) is 1.58. The first-order valence-corrected chi connectivity index (χ1v) is 8.95. The van der Waals surface area contributed by atoms with Crippen LogP contribution in [0.15, 0.2) is 0 Å². The minimum atomic E-state index is -0.222. The van der Waals surface area contributed by atoms with E-state index in [1.54, 1.807) is 7.05 Å². The number of nitrogens with one attached hydrogen (secondary N) is 1. The van der Waals surface area contributed by atoms with Crippen molar-refractivity contribution in [1.29, 1.82) is 0 Å². The van der Waals surface area contributed by atoms with Crippen LogP contribution >= 0.6 is 23.1 Å². The Morgan fingerprint density at radius 1 is 1.29 bits per heavy atom. The molecule has 0 aromatic carbocycles. The van der Waals surface area contributed by atoms with Gasteiger partial charge in [-0.05, 0) is 0 Å². The number of hydrogen-bond donors (Lipinski definition) is 2. The number of Topliss-reactive ketones (excluding diaryl/α,β-unsaturated/α-hetero) is 1. The van der Waals surface area contributed by atoms with Gasteiger partial charge in [0.25, 0.3) is 5.91 Å². The van der Waals surface area contributed by atoms with Gasteiger partial charge in [0.1, 0.15) is 5.00 Å². The number of nitrogens with two attached hydrogens (primary N) is 1. The smallest absolute Gasteiger partial charge is 0.256 e. The standard InChI is InChI=1S/C14H21N3O2S2/c1-8(2)11(18)12-10(15)9(13(19)16-3)14(21-12)17-4-6-20-7-5-17/h8H,4-7,15H2,1-3H3,(H,16,19). The normalized spacial score (nSPS) is 15.3. The molecule has 0 spiro atoms. The number of carbonyl (C=O) groups excluding carboxylic acids is 2. The van der Waals surface area contributed by atoms with Gasteiger partial charge in [-0.1, -0.05) is 13.8 Å². The lowest BCUT2D eigenvalue weighted by atomic mass is 10.1. The van der Waals surface area contributed by atoms with E-state index < -0.39 is 0 Å². The number of ketones is 1. The van der Waals surface area contributed by atoms with E-state index in [1.165, 1.54) is 11.3 Å². The van der Waals surface area contributed by atoms with Crippen LogP contribution in [0, 0.1) is 5.92 Å². The van der Waals surface area contributed by atoms with Crippen LogP contribution in [0.3, 0.4) is 0 Å². The van der Waals surface area contributed by atoms with Gasteiger partial charge in [-0.2, -0.15) is 11.8 Å². The Labute approximate surface area is 133 Å². The van der Waals surface area contributed by atoms with Crippen molar-refractivity contribution in [2.24, 2.45) is 5.92 Å². The van der Waals surface area contributed by atoms with Crippen LogP contribution < -0.4 is 16.0 Å². The average molecular weight is 327 g/mol. The summed E-state index contributed by atoms with van der Waals surface area (Å²) >= 11 is 3.25. The summed E-state index contributed by atoms with van der Waals surface area (Å²) in [5, 5.41) is 3.46. The molecule has 21 heavy (non-hydrogen) atoms. The Balaban J connectivity index is 2.49. The minimum absolute atomic E-state index is 0.000266. The third-order valence-corrected chi connectivity index (χ3v) is 5.65. The molecule has 0 unspecified atom stereocenters. The van der Waals surface area contributed by atoms with Crippen LogP contribution in [-0.2, 0) is 0 Å². The molecule has 116 valence electrons. The first-order chi connectivity index (χ1) is 9.97. The third kappa shape index (κ3) is 3.18. The van der Waals surface area contributed by atoms with E-state index in [4.69, 9.17) is 5.73 Å². The fraction of sp³-hybridized carbons (Fsp3) is 0.571. The molecule has 1 fully saturated rings. The maximum absolute atomic E-state index is 12.3. The van der Waals surface area contributed by atoms with Gasteiger partial charge in [-0.25, -0.2) is 0 Å². The first kappa shape index (κ1) is 16.2. The molecular weight excluding hydrogens is 306 g/mol. The Bertz CT molecular complexity index is 549. The van der Waals surface area contributed by atoms with Gasteiger partial charge in [0.15, 0.2) is 5.78 Å². The highest BCUT2D eigenvalue weighted by atomic mass is 32.2. The number of thioether (sulfide) groups is 1. The van der Waals surface area contributed by atoms with Crippen LogP contribution in [0.2, 0.25) is 0 Å². The molecule has 0 saturated carbocycles. The number of rotatable bonds is 4. The quantitative estimate of drug-likeness (QED) is 0.828. The molecule has 2 heterocycles. The SMILES string of the molecule is CNC(=O)c1c(N2CCSCC2)sc(C(=O)C(C)C)c1N. The van der Waals surface area contributed by atoms with E-state index in [1.807, 2.05) is 25.6 Å². The molecule has 1 saturated heterocycles. The van der Waals surface area contributed by atoms with Crippen molar-refractivity contribution in [1.82, 2.24) is 5.32 Å². The Morgan fingerprint density at radius 3 is 2.43 bits per heavy atom. The lowest BCUT2D eigenvalue weighted by molar-refractivity contribution is 0.0944. The van der Waals surface area contributed by atoms with E-state index in [0.717, 1.165) is 29.6 Å². The van der Waals surface area contributed by atoms with Gasteiger partial charge in [-0.3, -0.25) is 9.59 Å². The summed E-state index contributed by atoms with van der Waals surface area (Å²) in [6.07, 6.45) is 0. The summed E-state index contributed by atoms with van der Waals surface area (Å²) in [5.41, 5.74) is 6.90. The number of anilines is 2. The van der Waals surface area contributed by atoms with E-state index in [-0.39, 0.29) is 17.6 Å². The maximum atomic E-state index is 12.3. The summed E-state index contributed by atoms with van der Waals surface area (Å²) in [5.74, 6) is 1.70. The van der Waals surface area contributed by atoms with E-state index in [2.05, 4.69) is 10.2 Å². The number of hydrogen-bond acceptors (Lipinski definition) is 6. The lowest BCUT2D eigenvalue weighted by Gasteiger charge is -2.27. The Kier molecular flexibility index (Phi) is 5.16. The van der Waals surface area contributed by atoms with E-state index in [0.29, 0.717) is 16.1 Å². The highest BCUT2D eigenvalue weighted by Gasteiger charge is 2.29. The van der Waals surface area contributed by atoms with Crippen molar-refractivity contribution in [3.63, 3.8) is 0 Å². The van der Waals surface area contributed by atoms with Gasteiger partial charge in [0.2, 0.25) is 0 Å². The molecule has 3 N–H and O–H groups in total. The zero-order valence-electron chi connectivity index (χ0n) is 12.6. The monoisotopic (exact) mass is 327 g/mol. The molecular formula is C14H21N3O2S2. The van der Waals surface area contributed by atoms with Crippen molar-refractivity contribution < 1.29 is 9.59 Å². The van der Waals surface area contributed by atoms with Crippen LogP contribution in [0.1, 0.15) is 33.9 Å². The van der Waals surface area contributed by atoms with Crippen LogP contribution in [0.5, 0.6) is 0 Å². The van der Waals surface area contributed by atoms with Crippen molar-refractivity contribution in [2.45, 2.75) is 13.8 Å². The van der Waals surface area contributed by atoms with Gasteiger partial charge in [-0.15, -0.1) is 11.3 Å². The molecule has 0 atom stereocenters. The average Bonchev–Trinajstić information content (AvgIpc) is 2.84. The predicted octanol–water partition coefficient (Wildman–Crippen LogP) is 2.08. The lowest BCUT2D eigenvalue weighted by Crippen LogP contribution is -2.33. The molecule has 1 aliphatic heterocycles. The molecule has 1 aromatic rings. The van der Waals surface area contributed by atoms with Crippen molar-refractivity contribution in [3.05, 3.63) is 10.4 Å². The molecule has 0 bridgehead atoms. The van der Waals surface area contributed by atoms with Gasteiger partial charge in [0, 0.05) is 37.6 Å². The summed E-state index contributed by atoms with van der Waals surface area (Å²) in [6.45, 7) is 5.45. The zero-order chi connectivity index (χ0) is 15.6. The number of nitrogens with zero attached hydrogens (tertiary/aromatic N) is 1. The van der Waals surface area contributed by atoms with Gasteiger partial charge < -0.3 is 16.0 Å². The molecule has 1 aromatic heterocycles. The van der Waals surface area contributed by atoms with E-state index >= 15 is 0 Å². The number of amides is 1. The fourth-order valence-corrected chi connectivity index (χ4v) is 4.47. The molecule has 2 rings (SSSR count). The maximum Gasteiger partial charge on any atom is 0.256 e. The van der Waals surface area contributed by atoms with Crippen molar-refractivity contribution in [3.8, 4) is 0 Å². The number of thiophene rings is 1. The van der Waals surface area contributed by atoms with Gasteiger partial charge in [0.05, 0.1) is 16.1 Å². The van der Waals surface area contributed by atoms with E-state index in [9.17, 15) is 9.59 Å². The Hall–Kier alpha value is -1.21. The molecule has 7 heteroatoms.